The molecule has 0 bridgehead atoms. The van der Waals surface area contributed by atoms with Gasteiger partial charge in [-0.3, -0.25) is 14.9 Å². The summed E-state index contributed by atoms with van der Waals surface area (Å²) < 4.78 is 11.8. The second-order valence-electron chi connectivity index (χ2n) is 7.04. The van der Waals surface area contributed by atoms with Crippen LogP contribution in [0.25, 0.3) is 5.69 Å². The fourth-order valence-corrected chi connectivity index (χ4v) is 3.41. The molecular formula is C23H22N4O6. The summed E-state index contributed by atoms with van der Waals surface area (Å²) in [6.45, 7) is 3.78. The number of esters is 1. The lowest BCUT2D eigenvalue weighted by Gasteiger charge is -2.11. The Balaban J connectivity index is 1.84. The van der Waals surface area contributed by atoms with Crippen molar-refractivity contribution in [2.75, 3.05) is 14.2 Å². The molecule has 2 aromatic carbocycles. The quantitative estimate of drug-likeness (QED) is 0.254. The highest BCUT2D eigenvalue weighted by Crippen LogP contribution is 2.24. The van der Waals surface area contributed by atoms with Gasteiger partial charge in [-0.05, 0) is 44.2 Å². The number of rotatable bonds is 7. The number of non-ortho nitro benzene ring substituents is 1. The van der Waals surface area contributed by atoms with Crippen LogP contribution in [0.1, 0.15) is 37.7 Å². The van der Waals surface area contributed by atoms with Crippen LogP contribution in [0.2, 0.25) is 0 Å². The summed E-state index contributed by atoms with van der Waals surface area (Å²) in [6.07, 6.45) is 1.48. The van der Waals surface area contributed by atoms with Crippen molar-refractivity contribution < 1.29 is 24.0 Å². The van der Waals surface area contributed by atoms with Crippen LogP contribution in [0.5, 0.6) is 5.75 Å². The van der Waals surface area contributed by atoms with Gasteiger partial charge in [-0.2, -0.15) is 5.10 Å². The third kappa shape index (κ3) is 4.90. The second kappa shape index (κ2) is 9.77. The predicted molar refractivity (Wildman–Crippen MR) is 121 cm³/mol. The van der Waals surface area contributed by atoms with E-state index in [0.717, 1.165) is 28.7 Å². The lowest BCUT2D eigenvalue weighted by Crippen LogP contribution is -2.18. The SMILES string of the molecule is COC(=O)c1cccc(-n2c(C)cc(/C=N\NC(=O)c3cc([N+](=O)[O-])ccc3OC)c2C)c1. The number of benzene rings is 2. The van der Waals surface area contributed by atoms with Gasteiger partial charge in [0.2, 0.25) is 0 Å². The Morgan fingerprint density at radius 3 is 2.55 bits per heavy atom. The molecule has 1 N–H and O–H groups in total. The molecule has 3 aromatic rings. The highest BCUT2D eigenvalue weighted by Gasteiger charge is 2.17. The molecule has 0 atom stereocenters. The lowest BCUT2D eigenvalue weighted by atomic mass is 10.1. The maximum absolute atomic E-state index is 12.5. The van der Waals surface area contributed by atoms with Gasteiger partial charge in [0, 0.05) is 34.8 Å². The molecule has 10 heteroatoms. The van der Waals surface area contributed by atoms with Gasteiger partial charge in [0.25, 0.3) is 11.6 Å². The maximum Gasteiger partial charge on any atom is 0.337 e. The van der Waals surface area contributed by atoms with E-state index in [1.807, 2.05) is 30.5 Å². The maximum atomic E-state index is 12.5. The number of aromatic nitrogens is 1. The van der Waals surface area contributed by atoms with Crippen LogP contribution < -0.4 is 10.2 Å². The van der Waals surface area contributed by atoms with Crippen molar-refractivity contribution in [3.63, 3.8) is 0 Å². The number of nitro benzene ring substituents is 1. The van der Waals surface area contributed by atoms with Gasteiger partial charge in [-0.1, -0.05) is 6.07 Å². The Kier molecular flexibility index (Phi) is 6.87. The van der Waals surface area contributed by atoms with E-state index < -0.39 is 16.8 Å². The third-order valence-electron chi connectivity index (χ3n) is 5.00. The number of nitrogens with one attached hydrogen (secondary N) is 1. The zero-order valence-corrected chi connectivity index (χ0v) is 18.5. The highest BCUT2D eigenvalue weighted by atomic mass is 16.6. The number of carbonyl (C=O) groups is 2. The number of nitrogens with zero attached hydrogens (tertiary/aromatic N) is 3. The van der Waals surface area contributed by atoms with Crippen LogP contribution in [0.4, 0.5) is 5.69 Å². The van der Waals surface area contributed by atoms with E-state index in [0.29, 0.717) is 5.56 Å². The molecule has 170 valence electrons. The standard InChI is InChI=1S/C23H22N4O6/c1-14-10-17(15(2)26(14)18-7-5-6-16(11-18)23(29)33-4)13-24-25-22(28)20-12-19(27(30)31)8-9-21(20)32-3/h5-13H,1-4H3,(H,25,28)/b24-13-. The van der Waals surface area contributed by atoms with Gasteiger partial charge in [-0.25, -0.2) is 10.2 Å². The zero-order chi connectivity index (χ0) is 24.1. The van der Waals surface area contributed by atoms with Gasteiger partial charge in [0.15, 0.2) is 0 Å². The topological polar surface area (TPSA) is 125 Å². The first-order chi connectivity index (χ1) is 15.8. The molecule has 0 aliphatic rings. The fourth-order valence-electron chi connectivity index (χ4n) is 3.41. The molecule has 1 aromatic heterocycles. The zero-order valence-electron chi connectivity index (χ0n) is 18.5. The van der Waals surface area contributed by atoms with E-state index >= 15 is 0 Å². The number of carbonyl (C=O) groups excluding carboxylic acids is 2. The summed E-state index contributed by atoms with van der Waals surface area (Å²) >= 11 is 0. The molecule has 0 radical (unpaired) electrons. The van der Waals surface area contributed by atoms with Crippen LogP contribution in [0.3, 0.4) is 0 Å². The van der Waals surface area contributed by atoms with Crippen LogP contribution >= 0.6 is 0 Å². The first-order valence-electron chi connectivity index (χ1n) is 9.80. The van der Waals surface area contributed by atoms with Gasteiger partial charge < -0.3 is 14.0 Å². The molecule has 1 heterocycles. The second-order valence-corrected chi connectivity index (χ2v) is 7.04. The van der Waals surface area contributed by atoms with E-state index in [1.54, 1.807) is 18.2 Å². The number of nitro groups is 1. The summed E-state index contributed by atoms with van der Waals surface area (Å²) in [5.41, 5.74) is 5.80. The van der Waals surface area contributed by atoms with Crippen molar-refractivity contribution in [2.24, 2.45) is 5.10 Å². The molecule has 0 aliphatic heterocycles. The number of methoxy groups -OCH3 is 2. The van der Waals surface area contributed by atoms with E-state index in [-0.39, 0.29) is 17.0 Å². The number of amides is 1. The first-order valence-corrected chi connectivity index (χ1v) is 9.80. The molecule has 1 amide bonds. The van der Waals surface area contributed by atoms with Crippen molar-refractivity contribution >= 4 is 23.8 Å². The van der Waals surface area contributed by atoms with Gasteiger partial charge in [-0.15, -0.1) is 0 Å². The minimum absolute atomic E-state index is 0.00560. The third-order valence-corrected chi connectivity index (χ3v) is 5.00. The molecule has 33 heavy (non-hydrogen) atoms. The number of hydrogen-bond acceptors (Lipinski definition) is 7. The molecule has 10 nitrogen and oxygen atoms in total. The first kappa shape index (κ1) is 23.2. The summed E-state index contributed by atoms with van der Waals surface area (Å²) in [7, 11) is 2.69. The molecule has 0 aliphatic carbocycles. The van der Waals surface area contributed by atoms with Crippen LogP contribution in [-0.2, 0) is 4.74 Å². The van der Waals surface area contributed by atoms with Crippen LogP contribution in [0.15, 0.2) is 53.6 Å². The summed E-state index contributed by atoms with van der Waals surface area (Å²) in [4.78, 5) is 34.8. The van der Waals surface area contributed by atoms with Crippen molar-refractivity contribution in [2.45, 2.75) is 13.8 Å². The lowest BCUT2D eigenvalue weighted by molar-refractivity contribution is -0.384. The number of hydrogen-bond donors (Lipinski definition) is 1. The average molecular weight is 450 g/mol. The summed E-state index contributed by atoms with van der Waals surface area (Å²) in [6, 6.07) is 12.6. The minimum atomic E-state index is -0.647. The summed E-state index contributed by atoms with van der Waals surface area (Å²) in [5.74, 6) is -0.885. The minimum Gasteiger partial charge on any atom is -0.496 e. The smallest absolute Gasteiger partial charge is 0.337 e. The van der Waals surface area contributed by atoms with Crippen molar-refractivity contribution in [1.82, 2.24) is 9.99 Å². The van der Waals surface area contributed by atoms with E-state index in [9.17, 15) is 19.7 Å². The molecule has 0 saturated carbocycles. The number of ether oxygens (including phenoxy) is 2. The van der Waals surface area contributed by atoms with Gasteiger partial charge in [0.1, 0.15) is 5.75 Å². The molecule has 0 spiro atoms. The van der Waals surface area contributed by atoms with E-state index in [2.05, 4.69) is 10.5 Å². The average Bonchev–Trinajstić information content (AvgIpc) is 3.10. The predicted octanol–water partition coefficient (Wildman–Crippen LogP) is 3.56. The Bertz CT molecular complexity index is 1260. The highest BCUT2D eigenvalue weighted by molar-refractivity contribution is 5.98. The molecule has 0 fully saturated rings. The van der Waals surface area contributed by atoms with Crippen molar-refractivity contribution in [1.29, 1.82) is 0 Å². The number of aryl methyl sites for hydroxylation is 1. The number of hydrazone groups is 1. The monoisotopic (exact) mass is 450 g/mol. The fraction of sp³-hybridized carbons (Fsp3) is 0.174. The molecule has 3 rings (SSSR count). The van der Waals surface area contributed by atoms with E-state index in [1.165, 1.54) is 32.6 Å². The Labute approximate surface area is 189 Å². The van der Waals surface area contributed by atoms with Crippen LogP contribution in [0, 0.1) is 24.0 Å². The Hall–Kier alpha value is -4.47. The van der Waals surface area contributed by atoms with E-state index in [4.69, 9.17) is 9.47 Å². The molecular weight excluding hydrogens is 428 g/mol. The van der Waals surface area contributed by atoms with Gasteiger partial charge in [0.05, 0.1) is 36.5 Å². The van der Waals surface area contributed by atoms with Crippen molar-refractivity contribution in [3.8, 4) is 11.4 Å². The van der Waals surface area contributed by atoms with Gasteiger partial charge >= 0.3 is 5.97 Å². The normalized spacial score (nSPS) is 10.8. The largest absolute Gasteiger partial charge is 0.496 e. The molecule has 0 saturated heterocycles. The Morgan fingerprint density at radius 2 is 1.88 bits per heavy atom. The van der Waals surface area contributed by atoms with Crippen LogP contribution in [-0.4, -0.2) is 41.8 Å². The molecule has 0 unspecified atom stereocenters. The summed E-state index contributed by atoms with van der Waals surface area (Å²) in [5, 5.41) is 15.0. The van der Waals surface area contributed by atoms with Crippen molar-refractivity contribution in [3.05, 3.63) is 86.7 Å². The Morgan fingerprint density at radius 1 is 1.12 bits per heavy atom.